The number of aromatic nitrogens is 1. The van der Waals surface area contributed by atoms with E-state index in [0.29, 0.717) is 17.9 Å². The fraction of sp³-hybridized carbons (Fsp3) is 0.304. The van der Waals surface area contributed by atoms with Gasteiger partial charge >= 0.3 is 0 Å². The second-order valence-electron chi connectivity index (χ2n) is 7.46. The van der Waals surface area contributed by atoms with Gasteiger partial charge in [0, 0.05) is 18.4 Å². The quantitative estimate of drug-likeness (QED) is 0.681. The van der Waals surface area contributed by atoms with E-state index >= 15 is 0 Å². The van der Waals surface area contributed by atoms with Crippen molar-refractivity contribution in [2.24, 2.45) is 0 Å². The number of likely N-dealkylation sites (N-methyl/N-ethyl adjacent to an activating group) is 1. The highest BCUT2D eigenvalue weighted by molar-refractivity contribution is 5.95. The largest absolute Gasteiger partial charge is 0.467 e. The van der Waals surface area contributed by atoms with Crippen LogP contribution in [0.4, 0.5) is 11.5 Å². The van der Waals surface area contributed by atoms with Crippen molar-refractivity contribution in [1.82, 2.24) is 4.57 Å². The van der Waals surface area contributed by atoms with Gasteiger partial charge in [-0.25, -0.2) is 0 Å². The summed E-state index contributed by atoms with van der Waals surface area (Å²) in [5, 5.41) is 12.6. The monoisotopic (exact) mass is 390 g/mol. The minimum absolute atomic E-state index is 0.178. The molecule has 2 heterocycles. The average Bonchev–Trinajstić information content (AvgIpc) is 3.24. The molecule has 0 spiro atoms. The third kappa shape index (κ3) is 4.35. The lowest BCUT2D eigenvalue weighted by Crippen LogP contribution is -2.31. The fourth-order valence-corrected chi connectivity index (χ4v) is 3.54. The van der Waals surface area contributed by atoms with E-state index < -0.39 is 0 Å². The molecule has 0 fully saturated rings. The number of carbonyl (C=O) groups is 1. The van der Waals surface area contributed by atoms with E-state index in [1.54, 1.807) is 6.26 Å². The first-order chi connectivity index (χ1) is 13.8. The van der Waals surface area contributed by atoms with Crippen LogP contribution in [0.5, 0.6) is 0 Å². The molecule has 0 aliphatic carbocycles. The number of furan rings is 1. The molecule has 0 saturated heterocycles. The molecular weight excluding hydrogens is 364 g/mol. The van der Waals surface area contributed by atoms with Crippen LogP contribution in [0.3, 0.4) is 0 Å². The maximum absolute atomic E-state index is 12.8. The van der Waals surface area contributed by atoms with Gasteiger partial charge in [-0.3, -0.25) is 4.79 Å². The molecule has 150 valence electrons. The van der Waals surface area contributed by atoms with Crippen LogP contribution in [0.1, 0.15) is 33.7 Å². The van der Waals surface area contributed by atoms with E-state index in [1.807, 2.05) is 56.3 Å². The topological polar surface area (TPSA) is 74.2 Å². The van der Waals surface area contributed by atoms with Gasteiger partial charge in [0.05, 0.1) is 24.9 Å². The van der Waals surface area contributed by atoms with Crippen LogP contribution in [0, 0.1) is 39.0 Å². The van der Waals surface area contributed by atoms with Crippen LogP contribution in [0.2, 0.25) is 0 Å². The summed E-state index contributed by atoms with van der Waals surface area (Å²) in [5.74, 6) is 1.09. The average molecular weight is 390 g/mol. The molecule has 29 heavy (non-hydrogen) atoms. The van der Waals surface area contributed by atoms with E-state index in [1.165, 1.54) is 0 Å². The van der Waals surface area contributed by atoms with Gasteiger partial charge in [0.1, 0.15) is 17.6 Å². The molecule has 6 nitrogen and oxygen atoms in total. The van der Waals surface area contributed by atoms with Crippen molar-refractivity contribution in [2.75, 3.05) is 23.8 Å². The lowest BCUT2D eigenvalue weighted by atomic mass is 10.1. The molecule has 0 saturated carbocycles. The number of carbonyl (C=O) groups excluding carboxylic acids is 1. The molecule has 0 aliphatic heterocycles. The Morgan fingerprint density at radius 3 is 2.48 bits per heavy atom. The number of hydrogen-bond acceptors (Lipinski definition) is 4. The predicted octanol–water partition coefficient (Wildman–Crippen LogP) is 4.31. The predicted molar refractivity (Wildman–Crippen MR) is 114 cm³/mol. The van der Waals surface area contributed by atoms with Crippen LogP contribution in [0.25, 0.3) is 0 Å². The number of anilines is 2. The number of hydrogen-bond donors (Lipinski definition) is 1. The number of nitrogens with zero attached hydrogens (tertiary/aromatic N) is 3. The first kappa shape index (κ1) is 20.3. The van der Waals surface area contributed by atoms with Crippen LogP contribution in [0.15, 0.2) is 41.0 Å². The van der Waals surface area contributed by atoms with Crippen molar-refractivity contribution in [3.63, 3.8) is 0 Å². The van der Waals surface area contributed by atoms with E-state index in [9.17, 15) is 10.1 Å². The van der Waals surface area contributed by atoms with Crippen LogP contribution in [-0.4, -0.2) is 24.1 Å². The molecule has 3 rings (SSSR count). The molecule has 6 heteroatoms. The first-order valence-electron chi connectivity index (χ1n) is 9.51. The molecule has 0 unspecified atom stereocenters. The normalized spacial score (nSPS) is 10.6. The van der Waals surface area contributed by atoms with Crippen LogP contribution >= 0.6 is 0 Å². The zero-order chi connectivity index (χ0) is 21.1. The molecular formula is C23H26N4O2. The first-order valence-corrected chi connectivity index (χ1v) is 9.51. The number of nitrogens with one attached hydrogen (secondary N) is 1. The van der Waals surface area contributed by atoms with Crippen LogP contribution in [-0.2, 0) is 11.3 Å². The summed E-state index contributed by atoms with van der Waals surface area (Å²) in [6, 6.07) is 12.1. The van der Waals surface area contributed by atoms with Gasteiger partial charge in [0.25, 0.3) is 0 Å². The Bertz CT molecular complexity index is 1050. The van der Waals surface area contributed by atoms with Crippen molar-refractivity contribution >= 4 is 17.4 Å². The van der Waals surface area contributed by atoms with E-state index in [2.05, 4.69) is 29.6 Å². The number of amides is 1. The van der Waals surface area contributed by atoms with Crippen LogP contribution < -0.4 is 10.2 Å². The Kier molecular flexibility index (Phi) is 5.79. The van der Waals surface area contributed by atoms with Gasteiger partial charge in [-0.05, 0) is 68.7 Å². The molecule has 1 N–H and O–H groups in total. The Balaban J connectivity index is 1.84. The smallest absolute Gasteiger partial charge is 0.245 e. The molecule has 1 aromatic carbocycles. The highest BCUT2D eigenvalue weighted by Crippen LogP contribution is 2.27. The zero-order valence-corrected chi connectivity index (χ0v) is 17.5. The molecule has 0 atom stereocenters. The number of aryl methyl sites for hydroxylation is 2. The summed E-state index contributed by atoms with van der Waals surface area (Å²) < 4.78 is 7.37. The number of rotatable bonds is 6. The van der Waals surface area contributed by atoms with E-state index in [0.717, 1.165) is 33.8 Å². The maximum Gasteiger partial charge on any atom is 0.245 e. The van der Waals surface area contributed by atoms with Crippen molar-refractivity contribution in [1.29, 1.82) is 5.26 Å². The molecule has 0 radical (unpaired) electrons. The Labute approximate surface area is 171 Å². The second-order valence-corrected chi connectivity index (χ2v) is 7.46. The summed E-state index contributed by atoms with van der Waals surface area (Å²) in [6.07, 6.45) is 1.61. The van der Waals surface area contributed by atoms with Gasteiger partial charge in [0.15, 0.2) is 0 Å². The standard InChI is InChI=1S/C23H26N4O2/c1-15-9-16(2)11-19(10-15)26(5)14-22(28)25-23-21(12-24)17(3)18(4)27(23)13-20-7-6-8-29-20/h6-11H,13-14H2,1-5H3,(H,25,28). The van der Waals surface area contributed by atoms with E-state index in [-0.39, 0.29) is 12.5 Å². The molecule has 0 bridgehead atoms. The minimum atomic E-state index is -0.179. The summed E-state index contributed by atoms with van der Waals surface area (Å²) in [7, 11) is 1.89. The van der Waals surface area contributed by atoms with Crippen molar-refractivity contribution < 1.29 is 9.21 Å². The van der Waals surface area contributed by atoms with Gasteiger partial charge in [-0.2, -0.15) is 5.26 Å². The Morgan fingerprint density at radius 2 is 1.90 bits per heavy atom. The second kappa shape index (κ2) is 8.27. The minimum Gasteiger partial charge on any atom is -0.467 e. The molecule has 1 amide bonds. The highest BCUT2D eigenvalue weighted by atomic mass is 16.3. The van der Waals surface area contributed by atoms with Gasteiger partial charge in [0.2, 0.25) is 5.91 Å². The lowest BCUT2D eigenvalue weighted by molar-refractivity contribution is -0.115. The summed E-state index contributed by atoms with van der Waals surface area (Å²) in [4.78, 5) is 14.7. The third-order valence-electron chi connectivity index (χ3n) is 5.12. The summed E-state index contributed by atoms with van der Waals surface area (Å²) >= 11 is 0. The lowest BCUT2D eigenvalue weighted by Gasteiger charge is -2.20. The van der Waals surface area contributed by atoms with Crippen molar-refractivity contribution in [3.05, 3.63) is 70.3 Å². The molecule has 2 aromatic heterocycles. The van der Waals surface area contributed by atoms with Gasteiger partial charge in [-0.1, -0.05) is 6.07 Å². The summed E-state index contributed by atoms with van der Waals surface area (Å²) in [6.45, 7) is 8.54. The third-order valence-corrected chi connectivity index (χ3v) is 5.12. The van der Waals surface area contributed by atoms with Gasteiger partial charge in [-0.15, -0.1) is 0 Å². The SMILES string of the molecule is Cc1cc(C)cc(N(C)CC(=O)Nc2c(C#N)c(C)c(C)n2Cc2ccco2)c1. The summed E-state index contributed by atoms with van der Waals surface area (Å²) in [5.41, 5.74) is 5.55. The zero-order valence-electron chi connectivity index (χ0n) is 17.5. The fourth-order valence-electron chi connectivity index (χ4n) is 3.54. The Morgan fingerprint density at radius 1 is 1.21 bits per heavy atom. The number of benzene rings is 1. The Hall–Kier alpha value is -3.46. The number of nitriles is 1. The van der Waals surface area contributed by atoms with Crippen molar-refractivity contribution in [2.45, 2.75) is 34.2 Å². The molecule has 3 aromatic rings. The van der Waals surface area contributed by atoms with Gasteiger partial charge < -0.3 is 19.2 Å². The highest BCUT2D eigenvalue weighted by Gasteiger charge is 2.21. The van der Waals surface area contributed by atoms with Crippen molar-refractivity contribution in [3.8, 4) is 6.07 Å². The maximum atomic E-state index is 12.8. The van der Waals surface area contributed by atoms with E-state index in [4.69, 9.17) is 4.42 Å². The molecule has 0 aliphatic rings.